The average Bonchev–Trinajstić information content (AvgIpc) is 3.26. The van der Waals surface area contributed by atoms with Gasteiger partial charge in [-0.3, -0.25) is 9.59 Å². The quantitative estimate of drug-likeness (QED) is 0.334. The maximum Gasteiger partial charge on any atom is 0.263 e. The van der Waals surface area contributed by atoms with Crippen LogP contribution in [0.25, 0.3) is 12.2 Å². The molecule has 2 aromatic carbocycles. The predicted octanol–water partition coefficient (Wildman–Crippen LogP) is 4.12. The number of amides is 2. The minimum Gasteiger partial charge on any atom is -0.490 e. The third-order valence-corrected chi connectivity index (χ3v) is 6.59. The lowest BCUT2D eigenvalue weighted by atomic mass is 10.2. The number of ether oxygens (including phenoxy) is 2. The Morgan fingerprint density at radius 1 is 0.688 bits per heavy atom. The maximum atomic E-state index is 11.7. The Labute approximate surface area is 203 Å². The normalized spacial score (nSPS) is 18.2. The first-order valence-corrected chi connectivity index (χ1v) is 11.9. The summed E-state index contributed by atoms with van der Waals surface area (Å²) >= 11 is 12.5. The van der Waals surface area contributed by atoms with Crippen molar-refractivity contribution in [3.63, 3.8) is 0 Å². The van der Waals surface area contributed by atoms with E-state index in [-0.39, 0.29) is 11.8 Å². The minimum atomic E-state index is -0.172. The minimum absolute atomic E-state index is 0.172. The lowest BCUT2D eigenvalue weighted by Gasteiger charge is -2.09. The molecule has 0 unspecified atom stereocenters. The molecule has 2 fully saturated rings. The lowest BCUT2D eigenvalue weighted by molar-refractivity contribution is -0.116. The Kier molecular flexibility index (Phi) is 7.26. The molecule has 0 spiro atoms. The molecular formula is C22H16N2O4S4. The van der Waals surface area contributed by atoms with Crippen LogP contribution in [0.1, 0.15) is 11.1 Å². The zero-order valence-electron chi connectivity index (χ0n) is 16.5. The van der Waals surface area contributed by atoms with Gasteiger partial charge in [-0.15, -0.1) is 0 Å². The summed E-state index contributed by atoms with van der Waals surface area (Å²) in [6.45, 7) is 0.764. The van der Waals surface area contributed by atoms with E-state index in [0.717, 1.165) is 11.1 Å². The summed E-state index contributed by atoms with van der Waals surface area (Å²) in [6, 6.07) is 14.9. The molecule has 2 N–H and O–H groups in total. The molecule has 162 valence electrons. The molecule has 2 aliphatic rings. The van der Waals surface area contributed by atoms with E-state index in [1.165, 1.54) is 23.5 Å². The van der Waals surface area contributed by atoms with E-state index in [0.29, 0.717) is 43.2 Å². The molecule has 4 rings (SSSR count). The molecule has 2 amide bonds. The van der Waals surface area contributed by atoms with Crippen molar-refractivity contribution in [3.8, 4) is 11.5 Å². The van der Waals surface area contributed by atoms with Gasteiger partial charge in [0.25, 0.3) is 11.8 Å². The lowest BCUT2D eigenvalue weighted by Crippen LogP contribution is -2.17. The Balaban J connectivity index is 1.23. The van der Waals surface area contributed by atoms with E-state index in [2.05, 4.69) is 10.6 Å². The standard InChI is InChI=1S/C22H16N2O4S4/c25-19-17(31-21(29)23-19)11-13-1-5-15(6-2-13)27-9-10-28-16-7-3-14(4-8-16)12-18-20(26)24-22(30)32-18/h1-8,11-12H,9-10H2,(H,23,25,29)(H,24,26,30). The van der Waals surface area contributed by atoms with Gasteiger partial charge in [-0.2, -0.15) is 0 Å². The van der Waals surface area contributed by atoms with Crippen LogP contribution in [-0.2, 0) is 9.59 Å². The highest BCUT2D eigenvalue weighted by atomic mass is 32.2. The Morgan fingerprint density at radius 2 is 1.06 bits per heavy atom. The van der Waals surface area contributed by atoms with Gasteiger partial charge in [0.1, 0.15) is 33.4 Å². The SMILES string of the molecule is O=C1NC(=S)SC1=Cc1ccc(OCCOc2ccc(C=C3SC(=S)NC3=O)cc2)cc1. The average molecular weight is 501 g/mol. The number of hydrogen-bond donors (Lipinski definition) is 2. The molecule has 0 aliphatic carbocycles. The second-order valence-corrected chi connectivity index (χ2v) is 9.98. The van der Waals surface area contributed by atoms with E-state index >= 15 is 0 Å². The molecule has 2 heterocycles. The molecule has 2 aliphatic heterocycles. The van der Waals surface area contributed by atoms with Crippen LogP contribution in [0.4, 0.5) is 0 Å². The third kappa shape index (κ3) is 5.98. The first-order chi connectivity index (χ1) is 15.5. The van der Waals surface area contributed by atoms with Gasteiger partial charge in [0.05, 0.1) is 9.81 Å². The fraction of sp³-hybridized carbons (Fsp3) is 0.0909. The third-order valence-electron chi connectivity index (χ3n) is 4.26. The smallest absolute Gasteiger partial charge is 0.263 e. The first kappa shape index (κ1) is 22.5. The van der Waals surface area contributed by atoms with E-state index in [4.69, 9.17) is 33.9 Å². The number of nitrogens with one attached hydrogen (secondary N) is 2. The number of benzene rings is 2. The number of hydrogen-bond acceptors (Lipinski definition) is 8. The van der Waals surface area contributed by atoms with E-state index in [9.17, 15) is 9.59 Å². The summed E-state index contributed by atoms with van der Waals surface area (Å²) in [6.07, 6.45) is 3.58. The second-order valence-electron chi connectivity index (χ2n) is 6.54. The molecule has 6 nitrogen and oxygen atoms in total. The summed E-state index contributed by atoms with van der Waals surface area (Å²) in [7, 11) is 0. The first-order valence-electron chi connectivity index (χ1n) is 9.42. The van der Waals surface area contributed by atoms with Crippen LogP contribution >= 0.6 is 48.0 Å². The number of rotatable bonds is 7. The summed E-state index contributed by atoms with van der Waals surface area (Å²) in [5.41, 5.74) is 1.78. The molecule has 0 radical (unpaired) electrons. The largest absolute Gasteiger partial charge is 0.490 e. The number of thioether (sulfide) groups is 2. The van der Waals surface area contributed by atoms with Gasteiger partial charge in [0, 0.05) is 0 Å². The summed E-state index contributed by atoms with van der Waals surface area (Å²) in [4.78, 5) is 24.6. The van der Waals surface area contributed by atoms with Crippen LogP contribution in [0.2, 0.25) is 0 Å². The predicted molar refractivity (Wildman–Crippen MR) is 136 cm³/mol. The van der Waals surface area contributed by atoms with E-state index in [1.807, 2.05) is 48.5 Å². The van der Waals surface area contributed by atoms with Gasteiger partial charge in [-0.05, 0) is 47.5 Å². The maximum absolute atomic E-state index is 11.7. The molecule has 0 bridgehead atoms. The molecule has 2 aromatic rings. The molecule has 0 saturated carbocycles. The fourth-order valence-corrected chi connectivity index (χ4v) is 4.87. The van der Waals surface area contributed by atoms with Gasteiger partial charge in [-0.1, -0.05) is 72.2 Å². The van der Waals surface area contributed by atoms with Crippen LogP contribution in [0, 0.1) is 0 Å². The van der Waals surface area contributed by atoms with E-state index < -0.39 is 0 Å². The Hall–Kier alpha value is -2.66. The van der Waals surface area contributed by atoms with Crippen molar-refractivity contribution >= 4 is 80.6 Å². The second kappa shape index (κ2) is 10.3. The van der Waals surface area contributed by atoms with Crippen molar-refractivity contribution in [2.75, 3.05) is 13.2 Å². The zero-order valence-corrected chi connectivity index (χ0v) is 19.7. The molecular weight excluding hydrogens is 485 g/mol. The highest BCUT2D eigenvalue weighted by Gasteiger charge is 2.22. The molecule has 0 aromatic heterocycles. The summed E-state index contributed by atoms with van der Waals surface area (Å²) in [5, 5.41) is 5.19. The topological polar surface area (TPSA) is 76.7 Å². The highest BCUT2D eigenvalue weighted by Crippen LogP contribution is 2.27. The van der Waals surface area contributed by atoms with Gasteiger partial charge in [0.2, 0.25) is 0 Å². The molecule has 10 heteroatoms. The van der Waals surface area contributed by atoms with Crippen molar-refractivity contribution in [2.24, 2.45) is 0 Å². The van der Waals surface area contributed by atoms with Gasteiger partial charge in [0.15, 0.2) is 0 Å². The fourth-order valence-electron chi connectivity index (χ4n) is 2.78. The number of carbonyl (C=O) groups excluding carboxylic acids is 2. The van der Waals surface area contributed by atoms with Crippen molar-refractivity contribution < 1.29 is 19.1 Å². The van der Waals surface area contributed by atoms with Crippen LogP contribution in [-0.4, -0.2) is 33.7 Å². The molecule has 2 saturated heterocycles. The van der Waals surface area contributed by atoms with Crippen molar-refractivity contribution in [1.29, 1.82) is 0 Å². The van der Waals surface area contributed by atoms with E-state index in [1.54, 1.807) is 12.2 Å². The van der Waals surface area contributed by atoms with Crippen LogP contribution in [0.15, 0.2) is 58.3 Å². The summed E-state index contributed by atoms with van der Waals surface area (Å²) in [5.74, 6) is 1.08. The Morgan fingerprint density at radius 3 is 1.38 bits per heavy atom. The Bertz CT molecular complexity index is 1050. The summed E-state index contributed by atoms with van der Waals surface area (Å²) < 4.78 is 12.4. The molecule has 0 atom stereocenters. The molecule has 32 heavy (non-hydrogen) atoms. The highest BCUT2D eigenvalue weighted by molar-refractivity contribution is 8.27. The van der Waals surface area contributed by atoms with Crippen LogP contribution in [0.3, 0.4) is 0 Å². The monoisotopic (exact) mass is 500 g/mol. The van der Waals surface area contributed by atoms with Crippen molar-refractivity contribution in [3.05, 3.63) is 69.5 Å². The van der Waals surface area contributed by atoms with Crippen molar-refractivity contribution in [1.82, 2.24) is 10.6 Å². The number of carbonyl (C=O) groups is 2. The van der Waals surface area contributed by atoms with Gasteiger partial charge in [-0.25, -0.2) is 0 Å². The number of thiocarbonyl (C=S) groups is 2. The van der Waals surface area contributed by atoms with Crippen molar-refractivity contribution in [2.45, 2.75) is 0 Å². The van der Waals surface area contributed by atoms with Gasteiger partial charge < -0.3 is 20.1 Å². The zero-order chi connectivity index (χ0) is 22.5. The van der Waals surface area contributed by atoms with Crippen LogP contribution < -0.4 is 20.1 Å². The van der Waals surface area contributed by atoms with Gasteiger partial charge >= 0.3 is 0 Å². The van der Waals surface area contributed by atoms with Crippen LogP contribution in [0.5, 0.6) is 11.5 Å².